The first-order chi connectivity index (χ1) is 15.4. The van der Waals surface area contributed by atoms with E-state index in [1.165, 1.54) is 24.4 Å². The summed E-state index contributed by atoms with van der Waals surface area (Å²) in [5, 5.41) is 4.62. The van der Waals surface area contributed by atoms with Crippen LogP contribution in [0.15, 0.2) is 53.6 Å². The van der Waals surface area contributed by atoms with E-state index in [1.807, 2.05) is 26.8 Å². The first-order valence-corrected chi connectivity index (χ1v) is 11.6. The van der Waals surface area contributed by atoms with Gasteiger partial charge in [0.1, 0.15) is 11.4 Å². The molecule has 0 atom stereocenters. The molecule has 1 fully saturated rings. The number of aromatic nitrogens is 2. The van der Waals surface area contributed by atoms with Crippen molar-refractivity contribution >= 4 is 27.0 Å². The number of hydrogen-bond acceptors (Lipinski definition) is 6. The zero-order valence-corrected chi connectivity index (χ0v) is 19.1. The van der Waals surface area contributed by atoms with Gasteiger partial charge in [-0.05, 0) is 50.6 Å². The number of benzene rings is 2. The number of alkyl halides is 2. The zero-order valence-electron chi connectivity index (χ0n) is 18.2. The largest absolute Gasteiger partial charge is 0.444 e. The highest BCUT2D eigenvalue weighted by molar-refractivity contribution is 7.90. The Kier molecular flexibility index (Phi) is 5.77. The molecule has 0 spiro atoms. The Bertz CT molecular complexity index is 1290. The standard InChI is InChI=1S/C22H23F2N3O5S/c1-22(2,3)32-21(28)26-12-16(13-26)14-7-8-19-15(9-14)11-25-27(19)33(29,30)18-6-4-5-17(10-18)31-20(23)24/h4-11,16,20H,12-13H2,1-3H3. The van der Waals surface area contributed by atoms with Gasteiger partial charge in [-0.1, -0.05) is 12.1 Å². The molecule has 1 aliphatic rings. The van der Waals surface area contributed by atoms with Crippen LogP contribution in [-0.2, 0) is 14.8 Å². The molecule has 176 valence electrons. The van der Waals surface area contributed by atoms with Crippen molar-refractivity contribution in [1.82, 2.24) is 14.1 Å². The fourth-order valence-corrected chi connectivity index (χ4v) is 4.86. The number of ether oxygens (including phenoxy) is 2. The Labute approximate surface area is 189 Å². The van der Waals surface area contributed by atoms with E-state index < -0.39 is 22.2 Å². The Hall–Kier alpha value is -3.21. The summed E-state index contributed by atoms with van der Waals surface area (Å²) >= 11 is 0. The second kappa shape index (κ2) is 8.29. The Morgan fingerprint density at radius 3 is 2.55 bits per heavy atom. The number of amides is 1. The third-order valence-electron chi connectivity index (χ3n) is 5.12. The summed E-state index contributed by atoms with van der Waals surface area (Å²) < 4.78 is 61.6. The number of fused-ring (bicyclic) bond motifs is 1. The summed E-state index contributed by atoms with van der Waals surface area (Å²) in [6.45, 7) is 3.37. The molecule has 0 saturated carbocycles. The number of nitrogens with zero attached hydrogens (tertiary/aromatic N) is 3. The lowest BCUT2D eigenvalue weighted by Gasteiger charge is -2.40. The monoisotopic (exact) mass is 479 g/mol. The topological polar surface area (TPSA) is 90.7 Å². The van der Waals surface area contributed by atoms with Gasteiger partial charge in [0.25, 0.3) is 10.0 Å². The molecule has 3 aromatic rings. The van der Waals surface area contributed by atoms with E-state index in [9.17, 15) is 22.0 Å². The zero-order chi connectivity index (χ0) is 24.0. The van der Waals surface area contributed by atoms with Crippen molar-refractivity contribution in [3.63, 3.8) is 0 Å². The summed E-state index contributed by atoms with van der Waals surface area (Å²) in [5.41, 5.74) is 0.737. The normalized spacial score (nSPS) is 15.0. The third-order valence-corrected chi connectivity index (χ3v) is 6.72. The molecule has 2 heterocycles. The minimum atomic E-state index is -4.13. The predicted molar refractivity (Wildman–Crippen MR) is 116 cm³/mol. The molecule has 33 heavy (non-hydrogen) atoms. The average molecular weight is 480 g/mol. The third kappa shape index (κ3) is 4.77. The van der Waals surface area contributed by atoms with Crippen molar-refractivity contribution in [3.8, 4) is 5.75 Å². The molecule has 0 unspecified atom stereocenters. The van der Waals surface area contributed by atoms with Gasteiger partial charge in [-0.15, -0.1) is 0 Å². The molecule has 1 amide bonds. The molecule has 0 radical (unpaired) electrons. The second-order valence-electron chi connectivity index (χ2n) is 8.75. The Morgan fingerprint density at radius 1 is 1.15 bits per heavy atom. The molecule has 0 aliphatic carbocycles. The maximum atomic E-state index is 13.1. The van der Waals surface area contributed by atoms with Crippen molar-refractivity contribution in [2.45, 2.75) is 43.8 Å². The van der Waals surface area contributed by atoms with Crippen LogP contribution in [0.25, 0.3) is 10.9 Å². The highest BCUT2D eigenvalue weighted by atomic mass is 32.2. The minimum absolute atomic E-state index is 0.102. The number of carbonyl (C=O) groups excluding carboxylic acids is 1. The number of halogens is 2. The van der Waals surface area contributed by atoms with Crippen LogP contribution in [-0.4, -0.2) is 53.9 Å². The van der Waals surface area contributed by atoms with Gasteiger partial charge in [0.15, 0.2) is 0 Å². The SMILES string of the molecule is CC(C)(C)OC(=O)N1CC(c2ccc3c(cnn3S(=O)(=O)c3cccc(OC(F)F)c3)c2)C1. The van der Waals surface area contributed by atoms with Gasteiger partial charge in [0.2, 0.25) is 0 Å². The van der Waals surface area contributed by atoms with Gasteiger partial charge in [-0.2, -0.15) is 26.4 Å². The van der Waals surface area contributed by atoms with Crippen molar-refractivity contribution in [1.29, 1.82) is 0 Å². The highest BCUT2D eigenvalue weighted by Crippen LogP contribution is 2.31. The van der Waals surface area contributed by atoms with Crippen LogP contribution in [0.5, 0.6) is 5.75 Å². The molecule has 11 heteroatoms. The van der Waals surface area contributed by atoms with E-state index in [2.05, 4.69) is 9.84 Å². The summed E-state index contributed by atoms with van der Waals surface area (Å²) in [4.78, 5) is 13.5. The molecule has 0 bridgehead atoms. The van der Waals surface area contributed by atoms with Gasteiger partial charge in [-0.3, -0.25) is 0 Å². The fraction of sp³-hybridized carbons (Fsp3) is 0.364. The summed E-state index contributed by atoms with van der Waals surface area (Å²) in [7, 11) is -4.13. The van der Waals surface area contributed by atoms with Gasteiger partial charge in [0, 0.05) is 30.5 Å². The first-order valence-electron chi connectivity index (χ1n) is 10.2. The second-order valence-corrected chi connectivity index (χ2v) is 10.5. The molecular weight excluding hydrogens is 456 g/mol. The van der Waals surface area contributed by atoms with Crippen LogP contribution in [0.1, 0.15) is 32.3 Å². The maximum Gasteiger partial charge on any atom is 0.410 e. The van der Waals surface area contributed by atoms with Crippen LogP contribution in [0, 0.1) is 0 Å². The number of carbonyl (C=O) groups is 1. The van der Waals surface area contributed by atoms with Crippen molar-refractivity contribution in [3.05, 3.63) is 54.2 Å². The molecule has 4 rings (SSSR count). The van der Waals surface area contributed by atoms with Crippen LogP contribution < -0.4 is 4.74 Å². The lowest BCUT2D eigenvalue weighted by atomic mass is 9.91. The van der Waals surface area contributed by atoms with Gasteiger partial charge < -0.3 is 14.4 Å². The van der Waals surface area contributed by atoms with E-state index in [0.29, 0.717) is 24.0 Å². The Balaban J connectivity index is 1.54. The van der Waals surface area contributed by atoms with E-state index in [1.54, 1.807) is 17.0 Å². The maximum absolute atomic E-state index is 13.1. The van der Waals surface area contributed by atoms with Crippen LogP contribution in [0.2, 0.25) is 0 Å². The molecule has 2 aromatic carbocycles. The number of hydrogen-bond donors (Lipinski definition) is 0. The van der Waals surface area contributed by atoms with Crippen LogP contribution in [0.3, 0.4) is 0 Å². The van der Waals surface area contributed by atoms with E-state index in [-0.39, 0.29) is 22.7 Å². The van der Waals surface area contributed by atoms with Gasteiger partial charge >= 0.3 is 12.7 Å². The lowest BCUT2D eigenvalue weighted by Crippen LogP contribution is -2.50. The molecular formula is C22H23F2N3O5S. The smallest absolute Gasteiger partial charge is 0.410 e. The predicted octanol–water partition coefficient (Wildman–Crippen LogP) is 4.21. The average Bonchev–Trinajstić information content (AvgIpc) is 3.09. The van der Waals surface area contributed by atoms with Gasteiger partial charge in [-0.25, -0.2) is 4.79 Å². The summed E-state index contributed by atoms with van der Waals surface area (Å²) in [6, 6.07) is 10.2. The molecule has 0 N–H and O–H groups in total. The summed E-state index contributed by atoms with van der Waals surface area (Å²) in [6.07, 6.45) is 1.07. The fourth-order valence-electron chi connectivity index (χ4n) is 3.55. The quantitative estimate of drug-likeness (QED) is 0.545. The minimum Gasteiger partial charge on any atom is -0.444 e. The van der Waals surface area contributed by atoms with E-state index >= 15 is 0 Å². The van der Waals surface area contributed by atoms with E-state index in [0.717, 1.165) is 15.7 Å². The van der Waals surface area contributed by atoms with Crippen molar-refractivity contribution < 1.29 is 31.5 Å². The molecule has 1 aromatic heterocycles. The molecule has 1 aliphatic heterocycles. The van der Waals surface area contributed by atoms with Crippen molar-refractivity contribution in [2.75, 3.05) is 13.1 Å². The molecule has 1 saturated heterocycles. The van der Waals surface area contributed by atoms with Crippen LogP contribution >= 0.6 is 0 Å². The van der Waals surface area contributed by atoms with Crippen molar-refractivity contribution in [2.24, 2.45) is 0 Å². The number of likely N-dealkylation sites (tertiary alicyclic amines) is 1. The Morgan fingerprint density at radius 2 is 1.88 bits per heavy atom. The highest BCUT2D eigenvalue weighted by Gasteiger charge is 2.34. The molecule has 8 nitrogen and oxygen atoms in total. The summed E-state index contributed by atoms with van der Waals surface area (Å²) in [5.74, 6) is -0.158. The van der Waals surface area contributed by atoms with E-state index in [4.69, 9.17) is 4.74 Å². The first kappa shape index (κ1) is 23.0. The lowest BCUT2D eigenvalue weighted by molar-refractivity contribution is -0.0500. The number of rotatable bonds is 5. The van der Waals surface area contributed by atoms with Gasteiger partial charge in [0.05, 0.1) is 16.6 Å². The van der Waals surface area contributed by atoms with Crippen LogP contribution in [0.4, 0.5) is 13.6 Å².